The third-order valence-electron chi connectivity index (χ3n) is 7.05. The molecule has 1 aromatic heterocycles. The van der Waals surface area contributed by atoms with Crippen LogP contribution in [-0.4, -0.2) is 58.8 Å². The average molecular weight is 515 g/mol. The van der Waals surface area contributed by atoms with E-state index in [1.807, 2.05) is 36.4 Å². The fraction of sp³-hybridized carbons (Fsp3) is 0.310. The Morgan fingerprint density at radius 1 is 1.18 bits per heavy atom. The van der Waals surface area contributed by atoms with Gasteiger partial charge in [0.1, 0.15) is 24.5 Å². The molecule has 1 aliphatic heterocycles. The van der Waals surface area contributed by atoms with Crippen LogP contribution < -0.4 is 10.1 Å². The van der Waals surface area contributed by atoms with E-state index in [1.165, 1.54) is 4.90 Å². The lowest BCUT2D eigenvalue weighted by molar-refractivity contribution is -0.138. The molecule has 4 atom stereocenters. The molecule has 1 saturated carbocycles. The van der Waals surface area contributed by atoms with Crippen LogP contribution >= 0.6 is 0 Å². The Bertz CT molecular complexity index is 1380. The number of ether oxygens (including phenoxy) is 1. The van der Waals surface area contributed by atoms with Crippen molar-refractivity contribution >= 4 is 17.5 Å². The molecule has 3 aromatic rings. The van der Waals surface area contributed by atoms with Gasteiger partial charge in [-0.15, -0.1) is 0 Å². The first-order valence-corrected chi connectivity index (χ1v) is 12.5. The van der Waals surface area contributed by atoms with Gasteiger partial charge in [-0.25, -0.2) is 4.39 Å². The van der Waals surface area contributed by atoms with Crippen molar-refractivity contribution in [2.24, 2.45) is 5.92 Å². The summed E-state index contributed by atoms with van der Waals surface area (Å²) in [7, 11) is 0. The number of piperidine rings is 1. The van der Waals surface area contributed by atoms with Gasteiger partial charge in [0.15, 0.2) is 6.17 Å². The molecule has 1 aliphatic carbocycles. The maximum Gasteiger partial charge on any atom is 0.248 e. The summed E-state index contributed by atoms with van der Waals surface area (Å²) in [5.74, 6) is -0.186. The molecule has 1 saturated heterocycles. The number of nitriles is 1. The maximum absolute atomic E-state index is 14.7. The minimum absolute atomic E-state index is 0.0371. The second-order valence-corrected chi connectivity index (χ2v) is 9.59. The van der Waals surface area contributed by atoms with Crippen molar-refractivity contribution in [2.45, 2.75) is 31.0 Å². The predicted molar refractivity (Wildman–Crippen MR) is 138 cm³/mol. The number of anilines is 1. The fourth-order valence-electron chi connectivity index (χ4n) is 4.87. The Hall–Kier alpha value is -4.29. The Morgan fingerprint density at radius 3 is 2.76 bits per heavy atom. The molecular weight excluding hydrogens is 487 g/mol. The topological polar surface area (TPSA) is 116 Å². The molecule has 2 aliphatic rings. The third-order valence-corrected chi connectivity index (χ3v) is 7.05. The Morgan fingerprint density at radius 2 is 2.03 bits per heavy atom. The molecule has 2 N–H and O–H groups in total. The van der Waals surface area contributed by atoms with Crippen molar-refractivity contribution in [2.75, 3.05) is 25.0 Å². The van der Waals surface area contributed by atoms with E-state index < -0.39 is 24.8 Å². The molecule has 0 spiro atoms. The van der Waals surface area contributed by atoms with Crippen LogP contribution in [0.25, 0.3) is 11.1 Å². The summed E-state index contributed by atoms with van der Waals surface area (Å²) in [6.45, 7) is -0.547. The number of aliphatic hydroxyl groups excluding tert-OH is 1. The molecule has 194 valence electrons. The standard InChI is InChI=1S/C29H27FN4O4/c30-25-16-34(28(36)17-35)10-8-27(25)38-26-7-6-19(11-21(26)14-31)18-3-1-5-22(12-18)33-29(37)24-13-23(24)20-4-2-9-32-15-20/h1-7,9,11-12,15,23-25,27,35H,8,10,13,16-17H2,(H,33,37)/t23-,24+,25+,27-/m0/s1. The smallest absolute Gasteiger partial charge is 0.248 e. The summed E-state index contributed by atoms with van der Waals surface area (Å²) in [4.78, 5) is 29.8. The number of alkyl halides is 1. The van der Waals surface area contributed by atoms with E-state index >= 15 is 0 Å². The number of hydrogen-bond donors (Lipinski definition) is 2. The van der Waals surface area contributed by atoms with E-state index in [2.05, 4.69) is 16.4 Å². The van der Waals surface area contributed by atoms with Crippen LogP contribution in [0.3, 0.4) is 0 Å². The van der Waals surface area contributed by atoms with Gasteiger partial charge in [-0.1, -0.05) is 24.3 Å². The van der Waals surface area contributed by atoms with E-state index in [4.69, 9.17) is 9.84 Å². The number of aliphatic hydroxyl groups is 1. The van der Waals surface area contributed by atoms with E-state index in [0.29, 0.717) is 5.69 Å². The van der Waals surface area contributed by atoms with E-state index in [1.54, 1.807) is 30.6 Å². The van der Waals surface area contributed by atoms with E-state index in [9.17, 15) is 19.2 Å². The highest BCUT2D eigenvalue weighted by molar-refractivity contribution is 5.95. The van der Waals surface area contributed by atoms with Crippen molar-refractivity contribution in [1.82, 2.24) is 9.88 Å². The van der Waals surface area contributed by atoms with E-state index in [0.717, 1.165) is 23.1 Å². The van der Waals surface area contributed by atoms with Gasteiger partial charge in [0.2, 0.25) is 11.8 Å². The molecule has 5 rings (SSSR count). The van der Waals surface area contributed by atoms with Crippen molar-refractivity contribution in [1.29, 1.82) is 5.26 Å². The highest BCUT2D eigenvalue weighted by Crippen LogP contribution is 2.47. The SMILES string of the molecule is N#Cc1cc(-c2cccc(NC(=O)[C@@H]3C[C@H]3c3cccnc3)c2)ccc1O[C@H]1CCN(C(=O)CO)C[C@H]1F. The minimum atomic E-state index is -1.44. The van der Waals surface area contributed by atoms with Gasteiger partial charge in [-0.2, -0.15) is 5.26 Å². The van der Waals surface area contributed by atoms with Crippen LogP contribution in [0.5, 0.6) is 5.75 Å². The van der Waals surface area contributed by atoms with Crippen molar-refractivity contribution in [3.8, 4) is 22.9 Å². The number of hydrogen-bond acceptors (Lipinski definition) is 6. The monoisotopic (exact) mass is 514 g/mol. The first kappa shape index (κ1) is 25.4. The van der Waals surface area contributed by atoms with E-state index in [-0.39, 0.29) is 48.6 Å². The number of likely N-dealkylation sites (tertiary alicyclic amines) is 1. The molecule has 9 heteroatoms. The van der Waals surface area contributed by atoms with Crippen molar-refractivity contribution < 1.29 is 23.8 Å². The van der Waals surface area contributed by atoms with Crippen LogP contribution in [-0.2, 0) is 9.59 Å². The molecular formula is C29H27FN4O4. The van der Waals surface area contributed by atoms with Gasteiger partial charge >= 0.3 is 0 Å². The lowest BCUT2D eigenvalue weighted by Crippen LogP contribution is -2.50. The third kappa shape index (κ3) is 5.50. The molecule has 2 fully saturated rings. The molecule has 0 unspecified atom stereocenters. The number of carbonyl (C=O) groups is 2. The van der Waals surface area contributed by atoms with Crippen LogP contribution in [0.15, 0.2) is 67.0 Å². The average Bonchev–Trinajstić information content (AvgIpc) is 3.76. The van der Waals surface area contributed by atoms with Gasteiger partial charge in [0.25, 0.3) is 0 Å². The number of pyridine rings is 1. The largest absolute Gasteiger partial charge is 0.486 e. The van der Waals surface area contributed by atoms with Gasteiger partial charge in [-0.3, -0.25) is 14.6 Å². The van der Waals surface area contributed by atoms with Crippen LogP contribution in [0.1, 0.15) is 29.9 Å². The number of rotatable bonds is 7. The number of benzene rings is 2. The first-order valence-electron chi connectivity index (χ1n) is 12.5. The number of nitrogens with one attached hydrogen (secondary N) is 1. The normalized spacial score (nSPS) is 22.3. The molecule has 2 aromatic carbocycles. The summed E-state index contributed by atoms with van der Waals surface area (Å²) in [6, 6.07) is 18.5. The Labute approximate surface area is 219 Å². The van der Waals surface area contributed by atoms with Crippen LogP contribution in [0.2, 0.25) is 0 Å². The lowest BCUT2D eigenvalue weighted by Gasteiger charge is -2.34. The maximum atomic E-state index is 14.7. The zero-order valence-corrected chi connectivity index (χ0v) is 20.6. The number of halogens is 1. The molecule has 8 nitrogen and oxygen atoms in total. The van der Waals surface area contributed by atoms with Gasteiger partial charge in [0, 0.05) is 37.0 Å². The second kappa shape index (κ2) is 11.0. The van der Waals surface area contributed by atoms with Crippen LogP contribution in [0, 0.1) is 17.2 Å². The van der Waals surface area contributed by atoms with Gasteiger partial charge in [0.05, 0.1) is 12.1 Å². The first-order chi connectivity index (χ1) is 18.5. The molecule has 0 radical (unpaired) electrons. The minimum Gasteiger partial charge on any atom is -0.486 e. The van der Waals surface area contributed by atoms with Gasteiger partial charge < -0.3 is 20.1 Å². The number of amides is 2. The molecule has 2 amide bonds. The summed E-state index contributed by atoms with van der Waals surface area (Å²) in [5, 5.41) is 21.7. The second-order valence-electron chi connectivity index (χ2n) is 9.59. The number of aromatic nitrogens is 1. The Kier molecular flexibility index (Phi) is 7.33. The zero-order valence-electron chi connectivity index (χ0n) is 20.6. The predicted octanol–water partition coefficient (Wildman–Crippen LogP) is 3.67. The van der Waals surface area contributed by atoms with Crippen molar-refractivity contribution in [3.05, 3.63) is 78.1 Å². The van der Waals surface area contributed by atoms with Gasteiger partial charge in [-0.05, 0) is 59.4 Å². The highest BCUT2D eigenvalue weighted by Gasteiger charge is 2.44. The number of carbonyl (C=O) groups excluding carboxylic acids is 2. The highest BCUT2D eigenvalue weighted by atomic mass is 19.1. The quantitative estimate of drug-likeness (QED) is 0.497. The molecule has 2 heterocycles. The summed E-state index contributed by atoms with van der Waals surface area (Å²) >= 11 is 0. The molecule has 38 heavy (non-hydrogen) atoms. The summed E-state index contributed by atoms with van der Waals surface area (Å²) in [5.41, 5.74) is 3.55. The van der Waals surface area contributed by atoms with Crippen molar-refractivity contribution in [3.63, 3.8) is 0 Å². The number of nitrogens with zero attached hydrogens (tertiary/aromatic N) is 3. The van der Waals surface area contributed by atoms with Crippen LogP contribution in [0.4, 0.5) is 10.1 Å². The Balaban J connectivity index is 1.25. The summed E-state index contributed by atoms with van der Waals surface area (Å²) in [6.07, 6.45) is 2.33. The lowest BCUT2D eigenvalue weighted by atomic mass is 10.0. The molecule has 0 bridgehead atoms. The fourth-order valence-corrected chi connectivity index (χ4v) is 4.87. The summed E-state index contributed by atoms with van der Waals surface area (Å²) < 4.78 is 20.5. The zero-order chi connectivity index (χ0) is 26.6.